The van der Waals surface area contributed by atoms with Crippen LogP contribution in [0.5, 0.6) is 5.75 Å². The molecule has 0 spiro atoms. The maximum absolute atomic E-state index is 10.2. The van der Waals surface area contributed by atoms with Gasteiger partial charge in [0.05, 0.1) is 12.1 Å². The number of urea groups is 1. The molecule has 1 saturated heterocycles. The van der Waals surface area contributed by atoms with Gasteiger partial charge in [-0.15, -0.1) is 0 Å². The second kappa shape index (κ2) is 5.50. The third-order valence-electron chi connectivity index (χ3n) is 1.78. The van der Waals surface area contributed by atoms with Gasteiger partial charge >= 0.3 is 12.0 Å². The predicted molar refractivity (Wildman–Crippen MR) is 56.6 cm³/mol. The van der Waals surface area contributed by atoms with Crippen molar-refractivity contribution in [2.75, 3.05) is 6.54 Å². The van der Waals surface area contributed by atoms with E-state index in [0.717, 1.165) is 0 Å². The fourth-order valence-corrected chi connectivity index (χ4v) is 0.980. The Morgan fingerprint density at radius 3 is 2.06 bits per heavy atom. The number of phenols is 1. The Labute approximate surface area is 96.1 Å². The van der Waals surface area contributed by atoms with Crippen LogP contribution < -0.4 is 10.6 Å². The molecule has 1 heterocycles. The van der Waals surface area contributed by atoms with Crippen LogP contribution in [0.4, 0.5) is 4.79 Å². The molecule has 4 N–H and O–H groups in total. The number of carbonyl (C=O) groups is 3. The molecule has 3 amide bonds. The van der Waals surface area contributed by atoms with E-state index in [-0.39, 0.29) is 23.8 Å². The lowest BCUT2D eigenvalue weighted by Crippen LogP contribution is -2.22. The van der Waals surface area contributed by atoms with Gasteiger partial charge < -0.3 is 15.5 Å². The molecule has 90 valence electrons. The molecule has 17 heavy (non-hydrogen) atoms. The summed E-state index contributed by atoms with van der Waals surface area (Å²) in [4.78, 5) is 30.3. The van der Waals surface area contributed by atoms with Crippen molar-refractivity contribution in [2.24, 2.45) is 0 Å². The summed E-state index contributed by atoms with van der Waals surface area (Å²) in [6.45, 7) is 0.124. The molecule has 7 heteroatoms. The molecular weight excluding hydrogens is 228 g/mol. The molecule has 2 rings (SSSR count). The zero-order valence-corrected chi connectivity index (χ0v) is 8.64. The number of nitrogens with one attached hydrogen (secondary N) is 2. The zero-order chi connectivity index (χ0) is 12.8. The smallest absolute Gasteiger partial charge is 0.335 e. The van der Waals surface area contributed by atoms with Crippen molar-refractivity contribution in [3.8, 4) is 5.75 Å². The molecule has 0 bridgehead atoms. The van der Waals surface area contributed by atoms with Crippen molar-refractivity contribution < 1.29 is 24.6 Å². The van der Waals surface area contributed by atoms with E-state index in [1.165, 1.54) is 24.3 Å². The van der Waals surface area contributed by atoms with E-state index < -0.39 is 12.0 Å². The van der Waals surface area contributed by atoms with Crippen LogP contribution in [0.3, 0.4) is 0 Å². The minimum Gasteiger partial charge on any atom is -0.508 e. The van der Waals surface area contributed by atoms with Gasteiger partial charge in [0.1, 0.15) is 5.75 Å². The maximum Gasteiger partial charge on any atom is 0.335 e. The van der Waals surface area contributed by atoms with Crippen LogP contribution in [0.25, 0.3) is 0 Å². The van der Waals surface area contributed by atoms with E-state index in [4.69, 9.17) is 10.2 Å². The molecule has 0 unspecified atom stereocenters. The minimum absolute atomic E-state index is 0.0741. The number of hydrogen-bond acceptors (Lipinski definition) is 4. The number of benzene rings is 1. The van der Waals surface area contributed by atoms with Gasteiger partial charge in [-0.3, -0.25) is 10.1 Å². The third kappa shape index (κ3) is 4.20. The van der Waals surface area contributed by atoms with Crippen molar-refractivity contribution in [3.05, 3.63) is 29.8 Å². The molecule has 7 nitrogen and oxygen atoms in total. The molecular formula is C10H10N2O5. The SMILES string of the molecule is O=C(O)c1ccc(O)cc1.O=C1CNC(=O)N1. The summed E-state index contributed by atoms with van der Waals surface area (Å²) in [5.74, 6) is -1.17. The number of phenolic OH excluding ortho intramolecular Hbond substituents is 1. The van der Waals surface area contributed by atoms with E-state index in [1.807, 2.05) is 5.32 Å². The summed E-state index contributed by atoms with van der Waals surface area (Å²) < 4.78 is 0. The molecule has 1 fully saturated rings. The molecule has 1 aromatic carbocycles. The first-order chi connectivity index (χ1) is 7.99. The quantitative estimate of drug-likeness (QED) is 0.510. The van der Waals surface area contributed by atoms with Crippen LogP contribution in [0.1, 0.15) is 10.4 Å². The Morgan fingerprint density at radius 2 is 1.76 bits per heavy atom. The zero-order valence-electron chi connectivity index (χ0n) is 8.64. The molecule has 1 aliphatic heterocycles. The summed E-state index contributed by atoms with van der Waals surface area (Å²) in [7, 11) is 0. The van der Waals surface area contributed by atoms with Gasteiger partial charge in [0, 0.05) is 0 Å². The van der Waals surface area contributed by atoms with Gasteiger partial charge in [-0.05, 0) is 24.3 Å². The minimum atomic E-state index is -0.986. The van der Waals surface area contributed by atoms with E-state index in [1.54, 1.807) is 0 Å². The predicted octanol–water partition coefficient (Wildman–Crippen LogP) is -0.0838. The van der Waals surface area contributed by atoms with Crippen molar-refractivity contribution in [3.63, 3.8) is 0 Å². The standard InChI is InChI=1S/C7H6O3.C3H4N2O2/c8-6-3-1-5(2-4-6)7(9)10;6-2-1-4-3(7)5-2/h1-4,8H,(H,9,10);1H2,(H2,4,5,6,7). The molecule has 0 radical (unpaired) electrons. The van der Waals surface area contributed by atoms with Gasteiger partial charge in [0.15, 0.2) is 0 Å². The number of carboxylic acid groups (broad SMARTS) is 1. The van der Waals surface area contributed by atoms with Crippen LogP contribution in [-0.4, -0.2) is 34.7 Å². The Kier molecular flexibility index (Phi) is 4.04. The van der Waals surface area contributed by atoms with E-state index in [2.05, 4.69) is 5.32 Å². The normalized spacial score (nSPS) is 13.2. The fraction of sp³-hybridized carbons (Fsp3) is 0.100. The highest BCUT2D eigenvalue weighted by molar-refractivity contribution is 6.01. The number of rotatable bonds is 1. The van der Waals surface area contributed by atoms with Crippen LogP contribution >= 0.6 is 0 Å². The van der Waals surface area contributed by atoms with Crippen LogP contribution in [-0.2, 0) is 4.79 Å². The number of imide groups is 1. The van der Waals surface area contributed by atoms with E-state index in [9.17, 15) is 14.4 Å². The van der Waals surface area contributed by atoms with Gasteiger partial charge in [-0.2, -0.15) is 0 Å². The van der Waals surface area contributed by atoms with Crippen LogP contribution in [0.2, 0.25) is 0 Å². The van der Waals surface area contributed by atoms with Crippen molar-refractivity contribution in [1.82, 2.24) is 10.6 Å². The molecule has 0 saturated carbocycles. The number of aromatic carboxylic acids is 1. The number of hydrogen-bond donors (Lipinski definition) is 4. The highest BCUT2D eigenvalue weighted by Crippen LogP contribution is 2.08. The van der Waals surface area contributed by atoms with Crippen LogP contribution in [0.15, 0.2) is 24.3 Å². The lowest BCUT2D eigenvalue weighted by atomic mass is 10.2. The molecule has 1 aliphatic rings. The van der Waals surface area contributed by atoms with Crippen molar-refractivity contribution in [1.29, 1.82) is 0 Å². The maximum atomic E-state index is 10.2. The lowest BCUT2D eigenvalue weighted by molar-refractivity contribution is -0.117. The highest BCUT2D eigenvalue weighted by atomic mass is 16.4. The summed E-state index contributed by atoms with van der Waals surface area (Å²) in [5.41, 5.74) is 0.179. The first kappa shape index (κ1) is 12.5. The van der Waals surface area contributed by atoms with Gasteiger partial charge in [0.25, 0.3) is 0 Å². The Hall–Kier alpha value is -2.57. The van der Waals surface area contributed by atoms with Crippen molar-refractivity contribution >= 4 is 17.9 Å². The average molecular weight is 238 g/mol. The molecule has 0 aliphatic carbocycles. The van der Waals surface area contributed by atoms with Gasteiger partial charge in [-0.25, -0.2) is 9.59 Å². The summed E-state index contributed by atoms with van der Waals surface area (Å²) >= 11 is 0. The number of carbonyl (C=O) groups excluding carboxylic acids is 2. The Bertz CT molecular complexity index is 427. The first-order valence-electron chi connectivity index (χ1n) is 4.59. The van der Waals surface area contributed by atoms with E-state index in [0.29, 0.717) is 0 Å². The first-order valence-corrected chi connectivity index (χ1v) is 4.59. The summed E-state index contributed by atoms with van der Waals surface area (Å²) in [6.07, 6.45) is 0. The molecule has 0 atom stereocenters. The number of aromatic hydroxyl groups is 1. The fourth-order valence-electron chi connectivity index (χ4n) is 0.980. The average Bonchev–Trinajstić information content (AvgIpc) is 2.64. The Balaban J connectivity index is 0.000000181. The topological polar surface area (TPSA) is 116 Å². The summed E-state index contributed by atoms with van der Waals surface area (Å²) in [5, 5.41) is 21.4. The third-order valence-corrected chi connectivity index (χ3v) is 1.78. The Morgan fingerprint density at radius 1 is 1.18 bits per heavy atom. The number of amides is 3. The van der Waals surface area contributed by atoms with E-state index >= 15 is 0 Å². The molecule has 0 aromatic heterocycles. The van der Waals surface area contributed by atoms with Gasteiger partial charge in [-0.1, -0.05) is 0 Å². The van der Waals surface area contributed by atoms with Gasteiger partial charge in [0.2, 0.25) is 5.91 Å². The van der Waals surface area contributed by atoms with Crippen LogP contribution in [0, 0.1) is 0 Å². The molecule has 1 aromatic rings. The summed E-state index contributed by atoms with van der Waals surface area (Å²) in [6, 6.07) is 4.97. The second-order valence-electron chi connectivity index (χ2n) is 3.08. The monoisotopic (exact) mass is 238 g/mol. The lowest BCUT2D eigenvalue weighted by Gasteiger charge is -1.92. The largest absolute Gasteiger partial charge is 0.508 e. The van der Waals surface area contributed by atoms with Crippen molar-refractivity contribution in [2.45, 2.75) is 0 Å². The number of carboxylic acids is 1. The second-order valence-corrected chi connectivity index (χ2v) is 3.08. The highest BCUT2D eigenvalue weighted by Gasteiger charge is 2.14.